The smallest absolute Gasteiger partial charge is 0.307 e. The third-order valence-electron chi connectivity index (χ3n) is 2.55. The standard InChI is InChI=1S/C12H22N4O2/c1-5-18-12(17)6-7-15(4)8-11-13-9-14-16(11)10(2)3/h9-10H,5-8H2,1-4H3. The first kappa shape index (κ1) is 14.6. The van der Waals surface area contributed by atoms with Gasteiger partial charge in [0.25, 0.3) is 0 Å². The third-order valence-corrected chi connectivity index (χ3v) is 2.55. The number of hydrogen-bond donors (Lipinski definition) is 0. The summed E-state index contributed by atoms with van der Waals surface area (Å²) >= 11 is 0. The van der Waals surface area contributed by atoms with Gasteiger partial charge in [-0.15, -0.1) is 0 Å². The Balaban J connectivity index is 2.42. The number of aromatic nitrogens is 3. The predicted octanol–water partition coefficient (Wildman–Crippen LogP) is 1.24. The molecule has 0 aliphatic heterocycles. The molecular formula is C12H22N4O2. The first-order valence-corrected chi connectivity index (χ1v) is 6.27. The molecule has 1 rings (SSSR count). The lowest BCUT2D eigenvalue weighted by Crippen LogP contribution is -2.24. The molecule has 6 heteroatoms. The summed E-state index contributed by atoms with van der Waals surface area (Å²) in [6.07, 6.45) is 1.97. The third kappa shape index (κ3) is 4.44. The molecule has 0 spiro atoms. The van der Waals surface area contributed by atoms with E-state index in [1.165, 1.54) is 0 Å². The Bertz CT molecular complexity index is 376. The summed E-state index contributed by atoms with van der Waals surface area (Å²) in [4.78, 5) is 17.5. The van der Waals surface area contributed by atoms with E-state index in [-0.39, 0.29) is 5.97 Å². The van der Waals surface area contributed by atoms with Gasteiger partial charge in [-0.1, -0.05) is 0 Å². The maximum atomic E-state index is 11.2. The fraction of sp³-hybridized carbons (Fsp3) is 0.750. The minimum absolute atomic E-state index is 0.158. The molecule has 0 aliphatic rings. The Morgan fingerprint density at radius 1 is 1.56 bits per heavy atom. The van der Waals surface area contributed by atoms with E-state index >= 15 is 0 Å². The summed E-state index contributed by atoms with van der Waals surface area (Å²) in [7, 11) is 1.96. The van der Waals surface area contributed by atoms with Crippen LogP contribution >= 0.6 is 0 Å². The quantitative estimate of drug-likeness (QED) is 0.685. The second kappa shape index (κ2) is 7.10. The van der Waals surface area contributed by atoms with E-state index in [4.69, 9.17) is 4.74 Å². The summed E-state index contributed by atoms with van der Waals surface area (Å²) in [6.45, 7) is 7.71. The second-order valence-electron chi connectivity index (χ2n) is 4.51. The van der Waals surface area contributed by atoms with Crippen molar-refractivity contribution in [2.45, 2.75) is 39.8 Å². The number of nitrogens with zero attached hydrogens (tertiary/aromatic N) is 4. The molecule has 0 saturated heterocycles. The van der Waals surface area contributed by atoms with Gasteiger partial charge in [-0.3, -0.25) is 9.69 Å². The van der Waals surface area contributed by atoms with Crippen molar-refractivity contribution in [2.24, 2.45) is 0 Å². The van der Waals surface area contributed by atoms with Gasteiger partial charge in [-0.2, -0.15) is 5.10 Å². The number of hydrogen-bond acceptors (Lipinski definition) is 5. The molecule has 102 valence electrons. The lowest BCUT2D eigenvalue weighted by molar-refractivity contribution is -0.143. The summed E-state index contributed by atoms with van der Waals surface area (Å²) in [6, 6.07) is 0.293. The summed E-state index contributed by atoms with van der Waals surface area (Å²) in [5.41, 5.74) is 0. The van der Waals surface area contributed by atoms with Gasteiger partial charge < -0.3 is 4.74 Å². The molecule has 0 N–H and O–H groups in total. The van der Waals surface area contributed by atoms with Gasteiger partial charge in [-0.05, 0) is 27.8 Å². The van der Waals surface area contributed by atoms with Crippen LogP contribution in [0.5, 0.6) is 0 Å². The normalized spacial score (nSPS) is 11.2. The molecule has 0 fully saturated rings. The first-order valence-electron chi connectivity index (χ1n) is 6.27. The highest BCUT2D eigenvalue weighted by Crippen LogP contribution is 2.07. The molecule has 0 saturated carbocycles. The van der Waals surface area contributed by atoms with E-state index in [9.17, 15) is 4.79 Å². The van der Waals surface area contributed by atoms with Crippen LogP contribution in [0.4, 0.5) is 0 Å². The molecule has 0 aromatic carbocycles. The molecule has 18 heavy (non-hydrogen) atoms. The highest BCUT2D eigenvalue weighted by molar-refractivity contribution is 5.69. The van der Waals surface area contributed by atoms with Crippen molar-refractivity contribution in [2.75, 3.05) is 20.2 Å². The molecule has 0 atom stereocenters. The zero-order valence-electron chi connectivity index (χ0n) is 11.6. The van der Waals surface area contributed by atoms with Crippen LogP contribution in [0.1, 0.15) is 39.1 Å². The number of esters is 1. The van der Waals surface area contributed by atoms with Crippen LogP contribution in [0.15, 0.2) is 6.33 Å². The Kier molecular flexibility index (Phi) is 5.77. The van der Waals surface area contributed by atoms with Crippen LogP contribution in [0.25, 0.3) is 0 Å². The predicted molar refractivity (Wildman–Crippen MR) is 68.0 cm³/mol. The van der Waals surface area contributed by atoms with Crippen molar-refractivity contribution in [3.05, 3.63) is 12.2 Å². The lowest BCUT2D eigenvalue weighted by Gasteiger charge is -2.17. The van der Waals surface area contributed by atoms with Gasteiger partial charge >= 0.3 is 5.97 Å². The maximum Gasteiger partial charge on any atom is 0.307 e. The van der Waals surface area contributed by atoms with Gasteiger partial charge in [0.2, 0.25) is 0 Å². The van der Waals surface area contributed by atoms with Crippen molar-refractivity contribution < 1.29 is 9.53 Å². The summed E-state index contributed by atoms with van der Waals surface area (Å²) < 4.78 is 6.78. The Hall–Kier alpha value is -1.43. The highest BCUT2D eigenvalue weighted by atomic mass is 16.5. The van der Waals surface area contributed by atoms with Crippen molar-refractivity contribution in [1.82, 2.24) is 19.7 Å². The Morgan fingerprint density at radius 2 is 2.28 bits per heavy atom. The minimum atomic E-state index is -0.158. The first-order chi connectivity index (χ1) is 8.54. The molecule has 1 heterocycles. The maximum absolute atomic E-state index is 11.2. The molecule has 0 radical (unpaired) electrons. The van der Waals surface area contributed by atoms with E-state index in [2.05, 4.69) is 23.9 Å². The molecular weight excluding hydrogens is 232 g/mol. The monoisotopic (exact) mass is 254 g/mol. The second-order valence-corrected chi connectivity index (χ2v) is 4.51. The van der Waals surface area contributed by atoms with E-state index in [1.54, 1.807) is 6.33 Å². The fourth-order valence-electron chi connectivity index (χ4n) is 1.65. The van der Waals surface area contributed by atoms with Gasteiger partial charge in [-0.25, -0.2) is 9.67 Å². The number of ether oxygens (including phenoxy) is 1. The van der Waals surface area contributed by atoms with Crippen LogP contribution in [0, 0.1) is 0 Å². The van der Waals surface area contributed by atoms with E-state index < -0.39 is 0 Å². The highest BCUT2D eigenvalue weighted by Gasteiger charge is 2.11. The van der Waals surface area contributed by atoms with E-state index in [1.807, 2.05) is 23.6 Å². The van der Waals surface area contributed by atoms with Crippen molar-refractivity contribution in [1.29, 1.82) is 0 Å². The van der Waals surface area contributed by atoms with Crippen LogP contribution in [0.3, 0.4) is 0 Å². The minimum Gasteiger partial charge on any atom is -0.466 e. The summed E-state index contributed by atoms with van der Waals surface area (Å²) in [5.74, 6) is 0.756. The van der Waals surface area contributed by atoms with Gasteiger partial charge in [0.15, 0.2) is 0 Å². The SMILES string of the molecule is CCOC(=O)CCN(C)Cc1ncnn1C(C)C. The zero-order chi connectivity index (χ0) is 13.5. The van der Waals surface area contributed by atoms with Crippen molar-refractivity contribution in [3.8, 4) is 0 Å². The average Bonchev–Trinajstić information content (AvgIpc) is 2.75. The summed E-state index contributed by atoms with van der Waals surface area (Å²) in [5, 5.41) is 4.18. The van der Waals surface area contributed by atoms with Crippen molar-refractivity contribution in [3.63, 3.8) is 0 Å². The van der Waals surface area contributed by atoms with Crippen LogP contribution in [0.2, 0.25) is 0 Å². The topological polar surface area (TPSA) is 60.2 Å². The van der Waals surface area contributed by atoms with Gasteiger partial charge in [0.05, 0.1) is 19.6 Å². The number of carbonyl (C=O) groups excluding carboxylic acids is 1. The average molecular weight is 254 g/mol. The molecule has 1 aromatic rings. The molecule has 0 amide bonds. The van der Waals surface area contributed by atoms with Crippen LogP contribution < -0.4 is 0 Å². The number of rotatable bonds is 7. The molecule has 0 aliphatic carbocycles. The van der Waals surface area contributed by atoms with Crippen molar-refractivity contribution >= 4 is 5.97 Å². The zero-order valence-corrected chi connectivity index (χ0v) is 11.6. The Labute approximate surface area is 108 Å². The molecule has 1 aromatic heterocycles. The van der Waals surface area contributed by atoms with Gasteiger partial charge in [0, 0.05) is 12.6 Å². The van der Waals surface area contributed by atoms with Gasteiger partial charge in [0.1, 0.15) is 12.2 Å². The largest absolute Gasteiger partial charge is 0.466 e. The lowest BCUT2D eigenvalue weighted by atomic mass is 10.3. The van der Waals surface area contributed by atoms with Crippen LogP contribution in [-0.2, 0) is 16.1 Å². The molecule has 0 bridgehead atoms. The molecule has 6 nitrogen and oxygen atoms in total. The Morgan fingerprint density at radius 3 is 2.89 bits per heavy atom. The van der Waals surface area contributed by atoms with Crippen LogP contribution in [-0.4, -0.2) is 45.8 Å². The van der Waals surface area contributed by atoms with E-state index in [0.717, 1.165) is 5.82 Å². The molecule has 0 unspecified atom stereocenters. The fourth-order valence-corrected chi connectivity index (χ4v) is 1.65. The van der Waals surface area contributed by atoms with E-state index in [0.29, 0.717) is 32.2 Å². The number of carbonyl (C=O) groups is 1.